The molecule has 11 heteroatoms. The van der Waals surface area contributed by atoms with Crippen LogP contribution in [-0.4, -0.2) is 20.8 Å². The molecule has 0 saturated heterocycles. The Hall–Kier alpha value is -2.04. The van der Waals surface area contributed by atoms with Gasteiger partial charge in [0, 0.05) is 22.3 Å². The molecule has 26 heavy (non-hydrogen) atoms. The van der Waals surface area contributed by atoms with Crippen LogP contribution in [-0.2, 0) is 25.3 Å². The number of hydrogen-bond donors (Lipinski definition) is 0. The first-order valence-electron chi connectivity index (χ1n) is 6.90. The van der Waals surface area contributed by atoms with E-state index < -0.39 is 46.6 Å². The Morgan fingerprint density at radius 2 is 1.50 bits per heavy atom. The SMILES string of the molecule is O=S(=O)(Cl)c1cn(S(=O)(=O)c2ccccc2)c2cccc(C(F)(F)F)c12. The number of alkyl halides is 3. The lowest BCUT2D eigenvalue weighted by molar-refractivity contribution is -0.136. The number of hydrogen-bond acceptors (Lipinski definition) is 4. The van der Waals surface area contributed by atoms with Crippen molar-refractivity contribution in [3.05, 3.63) is 60.3 Å². The highest BCUT2D eigenvalue weighted by atomic mass is 35.7. The normalized spacial score (nSPS) is 13.2. The van der Waals surface area contributed by atoms with E-state index in [1.54, 1.807) is 6.07 Å². The van der Waals surface area contributed by atoms with Crippen molar-refractivity contribution in [3.63, 3.8) is 0 Å². The predicted molar refractivity (Wildman–Crippen MR) is 89.0 cm³/mol. The van der Waals surface area contributed by atoms with E-state index in [2.05, 4.69) is 0 Å². The molecule has 0 N–H and O–H groups in total. The number of aromatic nitrogens is 1. The molecular weight excluding hydrogens is 415 g/mol. The van der Waals surface area contributed by atoms with Crippen LogP contribution in [0.2, 0.25) is 0 Å². The Labute approximate surface area is 151 Å². The van der Waals surface area contributed by atoms with Crippen LogP contribution in [0.5, 0.6) is 0 Å². The van der Waals surface area contributed by atoms with Crippen LogP contribution in [0, 0.1) is 0 Å². The van der Waals surface area contributed by atoms with Gasteiger partial charge in [0.15, 0.2) is 0 Å². The first-order valence-corrected chi connectivity index (χ1v) is 10.7. The molecule has 0 aliphatic rings. The first kappa shape index (κ1) is 18.7. The summed E-state index contributed by atoms with van der Waals surface area (Å²) in [6.07, 6.45) is -4.32. The molecule has 0 amide bonds. The van der Waals surface area contributed by atoms with Crippen molar-refractivity contribution in [1.82, 2.24) is 3.97 Å². The van der Waals surface area contributed by atoms with Gasteiger partial charge >= 0.3 is 6.18 Å². The molecule has 0 aliphatic carbocycles. The molecule has 0 fully saturated rings. The Morgan fingerprint density at radius 3 is 2.04 bits per heavy atom. The summed E-state index contributed by atoms with van der Waals surface area (Å²) in [6.45, 7) is 0. The van der Waals surface area contributed by atoms with Crippen molar-refractivity contribution < 1.29 is 30.0 Å². The van der Waals surface area contributed by atoms with E-state index in [0.29, 0.717) is 16.2 Å². The van der Waals surface area contributed by atoms with Gasteiger partial charge in [-0.1, -0.05) is 24.3 Å². The molecule has 0 aliphatic heterocycles. The van der Waals surface area contributed by atoms with E-state index in [1.807, 2.05) is 0 Å². The lowest BCUT2D eigenvalue weighted by Gasteiger charge is -2.10. The van der Waals surface area contributed by atoms with Crippen molar-refractivity contribution in [2.24, 2.45) is 0 Å². The topological polar surface area (TPSA) is 73.2 Å². The third-order valence-corrected chi connectivity index (χ3v) is 6.65. The highest BCUT2D eigenvalue weighted by Crippen LogP contribution is 2.40. The van der Waals surface area contributed by atoms with Gasteiger partial charge in [-0.05, 0) is 24.3 Å². The first-order chi connectivity index (χ1) is 11.9. The zero-order valence-electron chi connectivity index (χ0n) is 12.6. The average Bonchev–Trinajstić information content (AvgIpc) is 2.95. The highest BCUT2D eigenvalue weighted by molar-refractivity contribution is 8.14. The molecule has 0 bridgehead atoms. The number of fused-ring (bicyclic) bond motifs is 1. The van der Waals surface area contributed by atoms with Gasteiger partial charge < -0.3 is 0 Å². The van der Waals surface area contributed by atoms with Crippen LogP contribution < -0.4 is 0 Å². The van der Waals surface area contributed by atoms with E-state index in [9.17, 15) is 30.0 Å². The minimum absolute atomic E-state index is 0.215. The molecule has 5 nitrogen and oxygen atoms in total. The van der Waals surface area contributed by atoms with Crippen molar-refractivity contribution in [2.45, 2.75) is 16.0 Å². The van der Waals surface area contributed by atoms with E-state index >= 15 is 0 Å². The number of halogens is 4. The van der Waals surface area contributed by atoms with Crippen LogP contribution in [0.3, 0.4) is 0 Å². The maximum absolute atomic E-state index is 13.3. The number of benzene rings is 2. The minimum atomic E-state index is -4.90. The summed E-state index contributed by atoms with van der Waals surface area (Å²) in [7, 11) is -3.72. The van der Waals surface area contributed by atoms with Gasteiger partial charge in [0.1, 0.15) is 4.90 Å². The van der Waals surface area contributed by atoms with Crippen molar-refractivity contribution >= 4 is 40.7 Å². The molecule has 0 spiro atoms. The van der Waals surface area contributed by atoms with Crippen LogP contribution in [0.15, 0.2) is 64.5 Å². The Bertz CT molecular complexity index is 1200. The Kier molecular flexibility index (Phi) is 4.32. The van der Waals surface area contributed by atoms with Crippen LogP contribution in [0.1, 0.15) is 5.56 Å². The van der Waals surface area contributed by atoms with Gasteiger partial charge in [-0.15, -0.1) is 0 Å². The zero-order valence-corrected chi connectivity index (χ0v) is 15.0. The van der Waals surface area contributed by atoms with Gasteiger partial charge in [-0.2, -0.15) is 13.2 Å². The van der Waals surface area contributed by atoms with E-state index in [1.165, 1.54) is 24.3 Å². The summed E-state index contributed by atoms with van der Waals surface area (Å²) in [4.78, 5) is -1.14. The molecular formula is C15H9ClF3NO4S2. The molecule has 2 aromatic carbocycles. The van der Waals surface area contributed by atoms with Crippen LogP contribution >= 0.6 is 10.7 Å². The third kappa shape index (κ3) is 3.08. The molecule has 0 unspecified atom stereocenters. The average molecular weight is 424 g/mol. The quantitative estimate of drug-likeness (QED) is 0.600. The van der Waals surface area contributed by atoms with E-state index in [4.69, 9.17) is 10.7 Å². The summed E-state index contributed by atoms with van der Waals surface area (Å²) in [6, 6.07) is 9.63. The Balaban J connectivity index is 2.48. The van der Waals surface area contributed by atoms with Crippen LogP contribution in [0.25, 0.3) is 10.9 Å². The van der Waals surface area contributed by atoms with Crippen molar-refractivity contribution in [3.8, 4) is 0 Å². The second-order valence-corrected chi connectivity index (χ2v) is 9.59. The summed E-state index contributed by atoms with van der Waals surface area (Å²) in [5.74, 6) is 0. The molecule has 0 radical (unpaired) electrons. The van der Waals surface area contributed by atoms with Crippen molar-refractivity contribution in [1.29, 1.82) is 0 Å². The monoisotopic (exact) mass is 423 g/mol. The number of rotatable bonds is 3. The van der Waals surface area contributed by atoms with E-state index in [0.717, 1.165) is 12.1 Å². The lowest BCUT2D eigenvalue weighted by atomic mass is 10.1. The van der Waals surface area contributed by atoms with E-state index in [-0.39, 0.29) is 4.90 Å². The fraction of sp³-hybridized carbons (Fsp3) is 0.0667. The summed E-state index contributed by atoms with van der Waals surface area (Å²) in [5.41, 5.74) is -1.74. The highest BCUT2D eigenvalue weighted by Gasteiger charge is 2.37. The van der Waals surface area contributed by atoms with Crippen LogP contribution in [0.4, 0.5) is 13.2 Å². The molecule has 138 valence electrons. The minimum Gasteiger partial charge on any atom is -0.240 e. The molecule has 1 heterocycles. The Morgan fingerprint density at radius 1 is 0.885 bits per heavy atom. The largest absolute Gasteiger partial charge is 0.417 e. The van der Waals surface area contributed by atoms with Gasteiger partial charge in [-0.25, -0.2) is 20.8 Å². The molecule has 3 rings (SSSR count). The number of nitrogens with zero attached hydrogens (tertiary/aromatic N) is 1. The third-order valence-electron chi connectivity index (χ3n) is 3.63. The summed E-state index contributed by atoms with van der Waals surface area (Å²) in [5, 5.41) is -0.797. The fourth-order valence-electron chi connectivity index (χ4n) is 2.55. The molecule has 3 aromatic rings. The lowest BCUT2D eigenvalue weighted by Crippen LogP contribution is -2.12. The zero-order chi connectivity index (χ0) is 19.3. The van der Waals surface area contributed by atoms with Crippen molar-refractivity contribution in [2.75, 3.05) is 0 Å². The summed E-state index contributed by atoms with van der Waals surface area (Å²) >= 11 is 0. The fourth-order valence-corrected chi connectivity index (χ4v) is 5.04. The summed E-state index contributed by atoms with van der Waals surface area (Å²) < 4.78 is 89.6. The second-order valence-electron chi connectivity index (χ2n) is 5.24. The standard InChI is InChI=1S/C15H9ClF3NO4S2/c16-25(21,22)13-9-20(26(23,24)10-5-2-1-3-6-10)12-8-4-7-11(14(12)13)15(17,18)19/h1-9H. The smallest absolute Gasteiger partial charge is 0.240 e. The maximum atomic E-state index is 13.3. The molecule has 1 aromatic heterocycles. The van der Waals surface area contributed by atoms with Gasteiger partial charge in [0.2, 0.25) is 0 Å². The van der Waals surface area contributed by atoms with Gasteiger partial charge in [-0.3, -0.25) is 0 Å². The van der Waals surface area contributed by atoms with Gasteiger partial charge in [0.25, 0.3) is 19.1 Å². The maximum Gasteiger partial charge on any atom is 0.417 e. The van der Waals surface area contributed by atoms with Gasteiger partial charge in [0.05, 0.1) is 16.0 Å². The second kappa shape index (κ2) is 6.00. The molecule has 0 saturated carbocycles. The predicted octanol–water partition coefficient (Wildman–Crippen LogP) is 3.82. The molecule has 0 atom stereocenters.